The molecule has 15 heavy (non-hydrogen) atoms. The van der Waals surface area contributed by atoms with Gasteiger partial charge >= 0.3 is 5.97 Å². The van der Waals surface area contributed by atoms with Crippen LogP contribution in [0.1, 0.15) is 18.5 Å². The Bertz CT molecular complexity index is 489. The predicted molar refractivity (Wildman–Crippen MR) is 52.8 cm³/mol. The van der Waals surface area contributed by atoms with E-state index in [4.69, 9.17) is 10.2 Å². The maximum atomic E-state index is 11.2. The number of carboxylic acids is 1. The van der Waals surface area contributed by atoms with E-state index in [-0.39, 0.29) is 10.6 Å². The molecule has 0 aromatic carbocycles. The van der Waals surface area contributed by atoms with E-state index in [9.17, 15) is 13.2 Å². The summed E-state index contributed by atoms with van der Waals surface area (Å²) >= 11 is 0. The standard InChI is InChI=1S/C8H12N2O4S/c1-5(8(11)12)7-6(15(9,13)14)3-4-10(7)2/h3-5H,1-2H3,(H,11,12)(H2,9,13,14). The molecule has 0 radical (unpaired) electrons. The molecular weight excluding hydrogens is 220 g/mol. The molecule has 0 saturated carbocycles. The lowest BCUT2D eigenvalue weighted by Crippen LogP contribution is -2.19. The van der Waals surface area contributed by atoms with Crippen molar-refractivity contribution in [2.75, 3.05) is 0 Å². The Kier molecular flexibility index (Phi) is 2.87. The van der Waals surface area contributed by atoms with Crippen LogP contribution in [0, 0.1) is 0 Å². The number of rotatable bonds is 3. The van der Waals surface area contributed by atoms with Gasteiger partial charge in [-0.1, -0.05) is 0 Å². The molecule has 0 amide bonds. The third-order valence-electron chi connectivity index (χ3n) is 2.17. The number of aromatic nitrogens is 1. The van der Waals surface area contributed by atoms with Crippen LogP contribution in [-0.2, 0) is 21.9 Å². The molecule has 0 bridgehead atoms. The average Bonchev–Trinajstić information content (AvgIpc) is 2.44. The molecule has 0 aliphatic heterocycles. The first-order chi connectivity index (χ1) is 6.75. The highest BCUT2D eigenvalue weighted by Crippen LogP contribution is 2.23. The van der Waals surface area contributed by atoms with Crippen molar-refractivity contribution in [2.45, 2.75) is 17.7 Å². The third-order valence-corrected chi connectivity index (χ3v) is 3.13. The summed E-state index contributed by atoms with van der Waals surface area (Å²) < 4.78 is 23.8. The number of hydrogen-bond acceptors (Lipinski definition) is 3. The van der Waals surface area contributed by atoms with Gasteiger partial charge in [-0.3, -0.25) is 4.79 Å². The first kappa shape index (κ1) is 11.7. The maximum Gasteiger partial charge on any atom is 0.312 e. The molecule has 1 rings (SSSR count). The van der Waals surface area contributed by atoms with Crippen LogP contribution in [0.2, 0.25) is 0 Å². The van der Waals surface area contributed by atoms with E-state index in [2.05, 4.69) is 0 Å². The fourth-order valence-corrected chi connectivity index (χ4v) is 2.26. The van der Waals surface area contributed by atoms with Gasteiger partial charge in [0.1, 0.15) is 4.90 Å². The van der Waals surface area contributed by atoms with Crippen LogP contribution in [-0.4, -0.2) is 24.1 Å². The summed E-state index contributed by atoms with van der Waals surface area (Å²) in [6.45, 7) is 1.41. The van der Waals surface area contributed by atoms with Crippen molar-refractivity contribution in [3.8, 4) is 0 Å². The molecule has 84 valence electrons. The number of aliphatic carboxylic acids is 1. The summed E-state index contributed by atoms with van der Waals surface area (Å²) in [4.78, 5) is 10.6. The number of primary sulfonamides is 1. The summed E-state index contributed by atoms with van der Waals surface area (Å²) in [5.41, 5.74) is 0.185. The highest BCUT2D eigenvalue weighted by molar-refractivity contribution is 7.89. The van der Waals surface area contributed by atoms with Crippen LogP contribution in [0.25, 0.3) is 0 Å². The number of carbonyl (C=O) groups is 1. The zero-order valence-corrected chi connectivity index (χ0v) is 9.15. The first-order valence-electron chi connectivity index (χ1n) is 4.16. The number of nitrogens with two attached hydrogens (primary N) is 1. The Morgan fingerprint density at radius 1 is 1.60 bits per heavy atom. The third kappa shape index (κ3) is 2.18. The van der Waals surface area contributed by atoms with Crippen molar-refractivity contribution >= 4 is 16.0 Å². The van der Waals surface area contributed by atoms with Gasteiger partial charge in [-0.05, 0) is 13.0 Å². The van der Waals surface area contributed by atoms with E-state index in [1.165, 1.54) is 23.8 Å². The molecule has 0 saturated heterocycles. The second-order valence-corrected chi connectivity index (χ2v) is 4.81. The monoisotopic (exact) mass is 232 g/mol. The molecular formula is C8H12N2O4S. The molecule has 0 aliphatic carbocycles. The van der Waals surface area contributed by atoms with Crippen molar-refractivity contribution in [3.05, 3.63) is 18.0 Å². The van der Waals surface area contributed by atoms with Gasteiger partial charge in [0.25, 0.3) is 0 Å². The van der Waals surface area contributed by atoms with E-state index in [0.29, 0.717) is 0 Å². The van der Waals surface area contributed by atoms with Crippen molar-refractivity contribution in [2.24, 2.45) is 12.2 Å². The fraction of sp³-hybridized carbons (Fsp3) is 0.375. The van der Waals surface area contributed by atoms with E-state index in [0.717, 1.165) is 0 Å². The number of carboxylic acid groups (broad SMARTS) is 1. The predicted octanol–water partition coefficient (Wildman–Crippen LogP) is -0.139. The van der Waals surface area contributed by atoms with Crippen molar-refractivity contribution in [1.82, 2.24) is 4.57 Å². The highest BCUT2D eigenvalue weighted by atomic mass is 32.2. The van der Waals surface area contributed by atoms with Gasteiger partial charge in [-0.15, -0.1) is 0 Å². The van der Waals surface area contributed by atoms with Crippen LogP contribution in [0.4, 0.5) is 0 Å². The zero-order chi connectivity index (χ0) is 11.8. The molecule has 0 fully saturated rings. The molecule has 1 aromatic heterocycles. The first-order valence-corrected chi connectivity index (χ1v) is 5.70. The van der Waals surface area contributed by atoms with Gasteiger partial charge in [0.05, 0.1) is 11.6 Å². The van der Waals surface area contributed by atoms with Crippen molar-refractivity contribution in [1.29, 1.82) is 0 Å². The lowest BCUT2D eigenvalue weighted by Gasteiger charge is -2.10. The Morgan fingerprint density at radius 3 is 2.53 bits per heavy atom. The molecule has 0 spiro atoms. The molecule has 3 N–H and O–H groups in total. The molecule has 1 unspecified atom stereocenters. The molecule has 1 heterocycles. The van der Waals surface area contributed by atoms with Gasteiger partial charge in [0.15, 0.2) is 0 Å². The van der Waals surface area contributed by atoms with Crippen LogP contribution in [0.15, 0.2) is 17.2 Å². The van der Waals surface area contributed by atoms with Gasteiger partial charge in [0, 0.05) is 13.2 Å². The normalized spacial score (nSPS) is 13.8. The quantitative estimate of drug-likeness (QED) is 0.757. The van der Waals surface area contributed by atoms with Crippen molar-refractivity contribution < 1.29 is 18.3 Å². The molecule has 1 aromatic rings. The number of nitrogens with zero attached hydrogens (tertiary/aromatic N) is 1. The lowest BCUT2D eigenvalue weighted by atomic mass is 10.1. The maximum absolute atomic E-state index is 11.2. The molecule has 6 nitrogen and oxygen atoms in total. The topological polar surface area (TPSA) is 102 Å². The average molecular weight is 232 g/mol. The van der Waals surface area contributed by atoms with Crippen LogP contribution in [0.5, 0.6) is 0 Å². The van der Waals surface area contributed by atoms with Crippen LogP contribution in [0.3, 0.4) is 0 Å². The molecule has 7 heteroatoms. The summed E-state index contributed by atoms with van der Waals surface area (Å²) in [6.07, 6.45) is 1.47. The number of aryl methyl sites for hydroxylation is 1. The van der Waals surface area contributed by atoms with Crippen molar-refractivity contribution in [3.63, 3.8) is 0 Å². The largest absolute Gasteiger partial charge is 0.481 e. The second kappa shape index (κ2) is 3.67. The van der Waals surface area contributed by atoms with E-state index in [1.807, 2.05) is 0 Å². The fourth-order valence-electron chi connectivity index (χ4n) is 1.40. The smallest absolute Gasteiger partial charge is 0.312 e. The van der Waals surface area contributed by atoms with Crippen LogP contribution >= 0.6 is 0 Å². The summed E-state index contributed by atoms with van der Waals surface area (Å²) in [7, 11) is -2.30. The molecule has 0 aliphatic rings. The van der Waals surface area contributed by atoms with Gasteiger partial charge in [-0.25, -0.2) is 13.6 Å². The Balaban J connectivity index is 3.41. The van der Waals surface area contributed by atoms with E-state index < -0.39 is 21.9 Å². The molecule has 1 atom stereocenters. The zero-order valence-electron chi connectivity index (χ0n) is 8.34. The van der Waals surface area contributed by atoms with E-state index >= 15 is 0 Å². The SMILES string of the molecule is CC(C(=O)O)c1c(S(N)(=O)=O)ccn1C. The van der Waals surface area contributed by atoms with E-state index in [1.54, 1.807) is 7.05 Å². The minimum atomic E-state index is -3.88. The Morgan fingerprint density at radius 2 is 2.13 bits per heavy atom. The van der Waals surface area contributed by atoms with Gasteiger partial charge in [0.2, 0.25) is 10.0 Å². The minimum absolute atomic E-state index is 0.139. The highest BCUT2D eigenvalue weighted by Gasteiger charge is 2.25. The Labute approximate surface area is 87.4 Å². The van der Waals surface area contributed by atoms with Crippen LogP contribution < -0.4 is 5.14 Å². The lowest BCUT2D eigenvalue weighted by molar-refractivity contribution is -0.138. The van der Waals surface area contributed by atoms with Gasteiger partial charge in [-0.2, -0.15) is 0 Å². The second-order valence-electron chi connectivity index (χ2n) is 3.28. The number of sulfonamides is 1. The van der Waals surface area contributed by atoms with Gasteiger partial charge < -0.3 is 9.67 Å². The minimum Gasteiger partial charge on any atom is -0.481 e. The number of hydrogen-bond donors (Lipinski definition) is 2. The summed E-state index contributed by atoms with van der Waals surface area (Å²) in [5, 5.41) is 13.8. The Hall–Kier alpha value is -1.34. The summed E-state index contributed by atoms with van der Waals surface area (Å²) in [5.74, 6) is -2.01. The summed E-state index contributed by atoms with van der Waals surface area (Å²) in [6, 6.07) is 1.30.